The van der Waals surface area contributed by atoms with Crippen LogP contribution in [0.15, 0.2) is 42.5 Å². The van der Waals surface area contributed by atoms with Gasteiger partial charge in [-0.05, 0) is 24.1 Å². The third kappa shape index (κ3) is 3.20. The summed E-state index contributed by atoms with van der Waals surface area (Å²) >= 11 is 1.08. The van der Waals surface area contributed by atoms with E-state index in [0.717, 1.165) is 16.2 Å². The van der Waals surface area contributed by atoms with Gasteiger partial charge in [-0.25, -0.2) is 4.98 Å². The molecule has 2 heterocycles. The minimum absolute atomic E-state index is 0.0740. The number of nitro groups is 1. The Hall–Kier alpha value is -3.66. The summed E-state index contributed by atoms with van der Waals surface area (Å²) < 4.78 is 0.543. The van der Waals surface area contributed by atoms with Crippen LogP contribution < -0.4 is 5.32 Å². The number of benzene rings is 2. The highest BCUT2D eigenvalue weighted by Gasteiger charge is 2.44. The van der Waals surface area contributed by atoms with Crippen molar-refractivity contribution in [2.75, 3.05) is 5.32 Å². The fourth-order valence-electron chi connectivity index (χ4n) is 3.44. The average molecular weight is 424 g/mol. The lowest BCUT2D eigenvalue weighted by molar-refractivity contribution is -0.384. The van der Waals surface area contributed by atoms with Crippen molar-refractivity contribution < 1.29 is 19.3 Å². The molecule has 30 heavy (non-hydrogen) atoms. The summed E-state index contributed by atoms with van der Waals surface area (Å²) in [6.07, 6.45) is 0. The molecule has 1 atom stereocenters. The summed E-state index contributed by atoms with van der Waals surface area (Å²) in [7, 11) is 0. The molecule has 1 aromatic heterocycles. The molecular formula is C20H16N4O5S. The average Bonchev–Trinajstić information content (AvgIpc) is 3.21. The number of carbonyl (C=O) groups is 3. The highest BCUT2D eigenvalue weighted by Crippen LogP contribution is 2.31. The van der Waals surface area contributed by atoms with E-state index in [2.05, 4.69) is 10.3 Å². The van der Waals surface area contributed by atoms with Crippen LogP contribution in [-0.4, -0.2) is 38.6 Å². The Morgan fingerprint density at radius 2 is 1.77 bits per heavy atom. The van der Waals surface area contributed by atoms with Gasteiger partial charge in [-0.1, -0.05) is 37.3 Å². The third-order valence-corrected chi connectivity index (χ3v) is 5.75. The number of nitrogens with one attached hydrogen (secondary N) is 1. The maximum Gasteiger partial charge on any atom is 0.270 e. The van der Waals surface area contributed by atoms with Crippen molar-refractivity contribution in [2.24, 2.45) is 5.92 Å². The topological polar surface area (TPSA) is 123 Å². The first kappa shape index (κ1) is 19.6. The second-order valence-corrected chi connectivity index (χ2v) is 8.16. The summed E-state index contributed by atoms with van der Waals surface area (Å²) in [5, 5.41) is 13.8. The zero-order valence-corrected chi connectivity index (χ0v) is 16.8. The van der Waals surface area contributed by atoms with Crippen molar-refractivity contribution in [1.82, 2.24) is 9.88 Å². The molecule has 1 unspecified atom stereocenters. The van der Waals surface area contributed by atoms with E-state index in [0.29, 0.717) is 10.2 Å². The van der Waals surface area contributed by atoms with E-state index < -0.39 is 28.7 Å². The van der Waals surface area contributed by atoms with Crippen LogP contribution in [0.25, 0.3) is 10.2 Å². The smallest absolute Gasteiger partial charge is 0.270 e. The van der Waals surface area contributed by atoms with Gasteiger partial charge < -0.3 is 5.32 Å². The van der Waals surface area contributed by atoms with E-state index in [4.69, 9.17) is 0 Å². The summed E-state index contributed by atoms with van der Waals surface area (Å²) in [5.74, 6) is -1.91. The van der Waals surface area contributed by atoms with E-state index >= 15 is 0 Å². The van der Waals surface area contributed by atoms with Crippen LogP contribution >= 0.6 is 11.3 Å². The molecule has 3 aromatic rings. The van der Waals surface area contributed by atoms with Crippen molar-refractivity contribution in [1.29, 1.82) is 0 Å². The van der Waals surface area contributed by atoms with Crippen LogP contribution in [0.4, 0.5) is 10.8 Å². The zero-order chi connectivity index (χ0) is 21.6. The molecule has 3 amide bonds. The van der Waals surface area contributed by atoms with Crippen LogP contribution in [0.1, 0.15) is 34.6 Å². The molecule has 1 aliphatic rings. The number of rotatable bonds is 5. The Morgan fingerprint density at radius 3 is 2.33 bits per heavy atom. The van der Waals surface area contributed by atoms with Crippen molar-refractivity contribution in [3.8, 4) is 0 Å². The van der Waals surface area contributed by atoms with E-state index in [-0.39, 0.29) is 27.9 Å². The number of nitro benzene ring substituents is 1. The quantitative estimate of drug-likeness (QED) is 0.380. The van der Waals surface area contributed by atoms with Crippen molar-refractivity contribution in [3.63, 3.8) is 0 Å². The van der Waals surface area contributed by atoms with Crippen molar-refractivity contribution in [3.05, 3.63) is 63.7 Å². The molecule has 0 bridgehead atoms. The van der Waals surface area contributed by atoms with Crippen molar-refractivity contribution >= 4 is 50.1 Å². The Balaban J connectivity index is 1.62. The first-order chi connectivity index (χ1) is 14.3. The Labute approximate surface area is 174 Å². The van der Waals surface area contributed by atoms with Gasteiger partial charge in [-0.15, -0.1) is 0 Å². The first-order valence-corrected chi connectivity index (χ1v) is 9.92. The molecule has 0 spiro atoms. The molecule has 1 N–H and O–H groups in total. The van der Waals surface area contributed by atoms with Gasteiger partial charge in [0, 0.05) is 12.1 Å². The molecule has 4 rings (SSSR count). The van der Waals surface area contributed by atoms with Gasteiger partial charge in [-0.2, -0.15) is 0 Å². The number of non-ortho nitro benzene ring substituents is 1. The second-order valence-electron chi connectivity index (χ2n) is 7.13. The van der Waals surface area contributed by atoms with Gasteiger partial charge in [0.25, 0.3) is 17.5 Å². The SMILES string of the molecule is CC(C)C(C(=O)Nc1nc2ccc([N+](=O)[O-])cc2s1)N1C(=O)c2ccccc2C1=O. The Kier molecular flexibility index (Phi) is 4.78. The lowest BCUT2D eigenvalue weighted by Crippen LogP contribution is -2.50. The van der Waals surface area contributed by atoms with Gasteiger partial charge in [0.15, 0.2) is 5.13 Å². The number of fused-ring (bicyclic) bond motifs is 2. The predicted molar refractivity (Wildman–Crippen MR) is 110 cm³/mol. The number of anilines is 1. The van der Waals surface area contributed by atoms with E-state index in [9.17, 15) is 24.5 Å². The van der Waals surface area contributed by atoms with Crippen LogP contribution in [0.5, 0.6) is 0 Å². The largest absolute Gasteiger partial charge is 0.300 e. The summed E-state index contributed by atoms with van der Waals surface area (Å²) in [4.78, 5) is 54.3. The molecule has 0 saturated heterocycles. The van der Waals surface area contributed by atoms with Crippen LogP contribution in [0.2, 0.25) is 0 Å². The standard InChI is InChI=1S/C20H16N4O5S/c1-10(2)16(23-18(26)12-5-3-4-6-13(12)19(23)27)17(25)22-20-21-14-8-7-11(24(28)29)9-15(14)30-20/h3-10,16H,1-2H3,(H,21,22,25). The molecule has 0 radical (unpaired) electrons. The molecule has 0 fully saturated rings. The summed E-state index contributed by atoms with van der Waals surface area (Å²) in [6, 6.07) is 9.64. The molecule has 1 aliphatic heterocycles. The van der Waals surface area contributed by atoms with Gasteiger partial charge >= 0.3 is 0 Å². The highest BCUT2D eigenvalue weighted by atomic mass is 32.1. The minimum Gasteiger partial charge on any atom is -0.300 e. The normalized spacial score (nSPS) is 14.3. The molecule has 2 aromatic carbocycles. The maximum absolute atomic E-state index is 13.0. The van der Waals surface area contributed by atoms with Crippen LogP contribution in [0.3, 0.4) is 0 Å². The molecular weight excluding hydrogens is 408 g/mol. The number of hydrogen-bond acceptors (Lipinski definition) is 7. The lowest BCUT2D eigenvalue weighted by atomic mass is 10.0. The van der Waals surface area contributed by atoms with Crippen LogP contribution in [-0.2, 0) is 4.79 Å². The first-order valence-electron chi connectivity index (χ1n) is 9.10. The monoisotopic (exact) mass is 424 g/mol. The number of aromatic nitrogens is 1. The van der Waals surface area contributed by atoms with Gasteiger partial charge in [0.2, 0.25) is 5.91 Å². The summed E-state index contributed by atoms with van der Waals surface area (Å²) in [5.41, 5.74) is 0.972. The fourth-order valence-corrected chi connectivity index (χ4v) is 4.34. The summed E-state index contributed by atoms with van der Waals surface area (Å²) in [6.45, 7) is 3.49. The minimum atomic E-state index is -1.03. The number of thiazole rings is 1. The number of imide groups is 1. The van der Waals surface area contributed by atoms with Crippen LogP contribution in [0, 0.1) is 16.0 Å². The number of nitrogens with zero attached hydrogens (tertiary/aromatic N) is 3. The number of hydrogen-bond donors (Lipinski definition) is 1. The zero-order valence-electron chi connectivity index (χ0n) is 16.0. The predicted octanol–water partition coefficient (Wildman–Crippen LogP) is 3.46. The van der Waals surface area contributed by atoms with E-state index in [1.165, 1.54) is 18.2 Å². The Morgan fingerprint density at radius 1 is 1.13 bits per heavy atom. The van der Waals surface area contributed by atoms with E-state index in [1.54, 1.807) is 38.1 Å². The number of amides is 3. The molecule has 9 nitrogen and oxygen atoms in total. The van der Waals surface area contributed by atoms with Gasteiger partial charge in [0.1, 0.15) is 6.04 Å². The fraction of sp³-hybridized carbons (Fsp3) is 0.200. The Bertz CT molecular complexity index is 1180. The van der Waals surface area contributed by atoms with Gasteiger partial charge in [0.05, 0.1) is 26.3 Å². The van der Waals surface area contributed by atoms with Crippen molar-refractivity contribution in [2.45, 2.75) is 19.9 Å². The second kappa shape index (κ2) is 7.30. The molecule has 10 heteroatoms. The lowest BCUT2D eigenvalue weighted by Gasteiger charge is -2.27. The highest BCUT2D eigenvalue weighted by molar-refractivity contribution is 7.22. The molecule has 0 saturated carbocycles. The maximum atomic E-state index is 13.0. The van der Waals surface area contributed by atoms with E-state index in [1.807, 2.05) is 0 Å². The molecule has 0 aliphatic carbocycles. The van der Waals surface area contributed by atoms with Gasteiger partial charge in [-0.3, -0.25) is 29.4 Å². The third-order valence-electron chi connectivity index (χ3n) is 4.82. The molecule has 152 valence electrons. The number of carbonyl (C=O) groups excluding carboxylic acids is 3.